The van der Waals surface area contributed by atoms with Crippen molar-refractivity contribution in [3.05, 3.63) is 0 Å². The molecule has 0 aliphatic heterocycles. The van der Waals surface area contributed by atoms with Crippen molar-refractivity contribution < 1.29 is 9.53 Å². The molecule has 0 aromatic rings. The van der Waals surface area contributed by atoms with Crippen LogP contribution in [0.25, 0.3) is 0 Å². The molecule has 0 aromatic heterocycles. The molecule has 0 aliphatic rings. The molecule has 0 atom stereocenters. The van der Waals surface area contributed by atoms with Crippen molar-refractivity contribution in [3.63, 3.8) is 0 Å². The third kappa shape index (κ3) is 6.58. The van der Waals surface area contributed by atoms with Gasteiger partial charge in [-0.3, -0.25) is 4.79 Å². The van der Waals surface area contributed by atoms with Gasteiger partial charge in [-0.1, -0.05) is 13.8 Å². The van der Waals surface area contributed by atoms with Crippen LogP contribution in [0.1, 0.15) is 27.7 Å². The molecule has 0 N–H and O–H groups in total. The van der Waals surface area contributed by atoms with Gasteiger partial charge in [-0.05, 0) is 19.8 Å². The molecule has 0 saturated carbocycles. The summed E-state index contributed by atoms with van der Waals surface area (Å²) in [6, 6.07) is 0. The van der Waals surface area contributed by atoms with Crippen LogP contribution in [-0.4, -0.2) is 37.1 Å². The Morgan fingerprint density at radius 2 is 1.85 bits per heavy atom. The van der Waals surface area contributed by atoms with E-state index in [-0.39, 0.29) is 18.6 Å². The van der Waals surface area contributed by atoms with E-state index in [4.69, 9.17) is 4.74 Å². The number of hydrogen-bond donors (Lipinski definition) is 0. The highest BCUT2D eigenvalue weighted by atomic mass is 16.5. The summed E-state index contributed by atoms with van der Waals surface area (Å²) in [7, 11) is 1.81. The van der Waals surface area contributed by atoms with Crippen molar-refractivity contribution in [2.24, 2.45) is 5.92 Å². The number of hydrogen-bond acceptors (Lipinski definition) is 2. The van der Waals surface area contributed by atoms with E-state index in [1.807, 2.05) is 20.9 Å². The molecule has 0 fully saturated rings. The molecule has 0 unspecified atom stereocenters. The molecule has 13 heavy (non-hydrogen) atoms. The van der Waals surface area contributed by atoms with E-state index in [9.17, 15) is 4.79 Å². The summed E-state index contributed by atoms with van der Waals surface area (Å²) in [6.45, 7) is 9.02. The van der Waals surface area contributed by atoms with Crippen LogP contribution in [-0.2, 0) is 9.53 Å². The number of likely N-dealkylation sites (N-methyl/N-ethyl adjacent to an activating group) is 1. The minimum Gasteiger partial charge on any atom is -0.369 e. The van der Waals surface area contributed by atoms with Gasteiger partial charge in [0.25, 0.3) is 0 Å². The normalized spacial score (nSPS) is 11.0. The number of carbonyl (C=O) groups is 1. The molecule has 78 valence electrons. The second-order valence-corrected chi connectivity index (χ2v) is 4.03. The summed E-state index contributed by atoms with van der Waals surface area (Å²) in [6.07, 6.45) is 0.122. The molecule has 0 aromatic carbocycles. The maximum absolute atomic E-state index is 11.4. The standard InChI is InChI=1S/C10H21NO2/c1-8(2)6-11(5)10(12)7-13-9(3)4/h8-9H,6-7H2,1-5H3. The molecule has 3 heteroatoms. The Bertz CT molecular complexity index is 155. The Kier molecular flexibility index (Phi) is 5.71. The lowest BCUT2D eigenvalue weighted by Crippen LogP contribution is -2.33. The maximum atomic E-state index is 11.4. The Hall–Kier alpha value is -0.570. The van der Waals surface area contributed by atoms with Gasteiger partial charge >= 0.3 is 0 Å². The van der Waals surface area contributed by atoms with Crippen LogP contribution in [0.4, 0.5) is 0 Å². The van der Waals surface area contributed by atoms with E-state index in [2.05, 4.69) is 13.8 Å². The molecule has 0 radical (unpaired) electrons. The van der Waals surface area contributed by atoms with Crippen molar-refractivity contribution >= 4 is 5.91 Å². The van der Waals surface area contributed by atoms with Crippen LogP contribution in [0.3, 0.4) is 0 Å². The fraction of sp³-hybridized carbons (Fsp3) is 0.900. The maximum Gasteiger partial charge on any atom is 0.248 e. The van der Waals surface area contributed by atoms with E-state index in [0.717, 1.165) is 6.54 Å². The topological polar surface area (TPSA) is 29.5 Å². The number of ether oxygens (including phenoxy) is 1. The SMILES string of the molecule is CC(C)CN(C)C(=O)COC(C)C. The van der Waals surface area contributed by atoms with Crippen LogP contribution in [0.5, 0.6) is 0 Å². The first-order valence-corrected chi connectivity index (χ1v) is 4.79. The molecule has 0 saturated heterocycles. The van der Waals surface area contributed by atoms with Crippen molar-refractivity contribution in [2.75, 3.05) is 20.2 Å². The van der Waals surface area contributed by atoms with Gasteiger partial charge in [0.2, 0.25) is 5.91 Å². The fourth-order valence-electron chi connectivity index (χ4n) is 0.998. The quantitative estimate of drug-likeness (QED) is 0.653. The highest BCUT2D eigenvalue weighted by Crippen LogP contribution is 1.97. The van der Waals surface area contributed by atoms with Crippen LogP contribution in [0.15, 0.2) is 0 Å². The lowest BCUT2D eigenvalue weighted by atomic mass is 10.2. The van der Waals surface area contributed by atoms with Crippen molar-refractivity contribution in [3.8, 4) is 0 Å². The van der Waals surface area contributed by atoms with Crippen molar-refractivity contribution in [2.45, 2.75) is 33.8 Å². The van der Waals surface area contributed by atoms with Crippen LogP contribution >= 0.6 is 0 Å². The summed E-state index contributed by atoms with van der Waals surface area (Å²) in [5.74, 6) is 0.565. The first kappa shape index (κ1) is 12.4. The summed E-state index contributed by atoms with van der Waals surface area (Å²) in [5.41, 5.74) is 0. The average molecular weight is 187 g/mol. The van der Waals surface area contributed by atoms with Crippen molar-refractivity contribution in [1.82, 2.24) is 4.90 Å². The van der Waals surface area contributed by atoms with E-state index < -0.39 is 0 Å². The summed E-state index contributed by atoms with van der Waals surface area (Å²) >= 11 is 0. The third-order valence-corrected chi connectivity index (χ3v) is 1.60. The van der Waals surface area contributed by atoms with Gasteiger partial charge in [0.05, 0.1) is 6.10 Å². The smallest absolute Gasteiger partial charge is 0.248 e. The highest BCUT2D eigenvalue weighted by Gasteiger charge is 2.10. The van der Waals surface area contributed by atoms with Gasteiger partial charge in [-0.25, -0.2) is 0 Å². The second-order valence-electron chi connectivity index (χ2n) is 4.03. The fourth-order valence-corrected chi connectivity index (χ4v) is 0.998. The van der Waals surface area contributed by atoms with Gasteiger partial charge in [0.15, 0.2) is 0 Å². The molecule has 0 rings (SSSR count). The van der Waals surface area contributed by atoms with Gasteiger partial charge in [0, 0.05) is 13.6 Å². The molecule has 3 nitrogen and oxygen atoms in total. The van der Waals surface area contributed by atoms with E-state index in [1.54, 1.807) is 4.90 Å². The lowest BCUT2D eigenvalue weighted by molar-refractivity contribution is -0.136. The largest absolute Gasteiger partial charge is 0.369 e. The highest BCUT2D eigenvalue weighted by molar-refractivity contribution is 5.77. The molecule has 0 heterocycles. The number of rotatable bonds is 5. The minimum atomic E-state index is 0.0578. The third-order valence-electron chi connectivity index (χ3n) is 1.60. The van der Waals surface area contributed by atoms with E-state index in [1.165, 1.54) is 0 Å². The monoisotopic (exact) mass is 187 g/mol. The Balaban J connectivity index is 3.69. The van der Waals surface area contributed by atoms with Gasteiger partial charge in [-0.2, -0.15) is 0 Å². The predicted molar refractivity (Wildman–Crippen MR) is 53.6 cm³/mol. The molecular formula is C10H21NO2. The van der Waals surface area contributed by atoms with Gasteiger partial charge in [-0.15, -0.1) is 0 Å². The molecule has 0 spiro atoms. The van der Waals surface area contributed by atoms with Gasteiger partial charge in [0.1, 0.15) is 6.61 Å². The zero-order valence-electron chi connectivity index (χ0n) is 9.33. The summed E-state index contributed by atoms with van der Waals surface area (Å²) in [5, 5.41) is 0. The first-order chi connectivity index (χ1) is 5.93. The molecular weight excluding hydrogens is 166 g/mol. The van der Waals surface area contributed by atoms with Crippen LogP contribution < -0.4 is 0 Å². The zero-order chi connectivity index (χ0) is 10.4. The summed E-state index contributed by atoms with van der Waals surface area (Å²) < 4.78 is 5.22. The second kappa shape index (κ2) is 5.97. The zero-order valence-corrected chi connectivity index (χ0v) is 9.33. The van der Waals surface area contributed by atoms with Gasteiger partial charge < -0.3 is 9.64 Å². The van der Waals surface area contributed by atoms with Crippen molar-refractivity contribution in [1.29, 1.82) is 0 Å². The minimum absolute atomic E-state index is 0.0578. The number of nitrogens with zero attached hydrogens (tertiary/aromatic N) is 1. The van der Waals surface area contributed by atoms with Crippen LogP contribution in [0.2, 0.25) is 0 Å². The Morgan fingerprint density at radius 3 is 2.23 bits per heavy atom. The Morgan fingerprint density at radius 1 is 1.31 bits per heavy atom. The van der Waals surface area contributed by atoms with E-state index in [0.29, 0.717) is 5.92 Å². The molecule has 0 bridgehead atoms. The molecule has 1 amide bonds. The summed E-state index contributed by atoms with van der Waals surface area (Å²) in [4.78, 5) is 13.1. The molecule has 0 aliphatic carbocycles. The predicted octanol–water partition coefficient (Wildman–Crippen LogP) is 1.53. The Labute approximate surface area is 81.1 Å². The first-order valence-electron chi connectivity index (χ1n) is 4.79. The number of carbonyl (C=O) groups excluding carboxylic acids is 1. The van der Waals surface area contributed by atoms with Crippen LogP contribution in [0, 0.1) is 5.92 Å². The number of amides is 1. The van der Waals surface area contributed by atoms with E-state index >= 15 is 0 Å². The average Bonchev–Trinajstić information content (AvgIpc) is 1.98. The lowest BCUT2D eigenvalue weighted by Gasteiger charge is -2.19.